The molecule has 0 spiro atoms. The molecule has 1 atom stereocenters. The number of nitrogens with zero attached hydrogens (tertiary/aromatic N) is 1. The second-order valence-corrected chi connectivity index (χ2v) is 5.26. The van der Waals surface area contributed by atoms with E-state index < -0.39 is 5.91 Å². The van der Waals surface area contributed by atoms with Crippen molar-refractivity contribution >= 4 is 17.5 Å². The minimum atomic E-state index is -0.442. The molecule has 2 rings (SSSR count). The molecular weight excluding hydrogens is 290 g/mol. The summed E-state index contributed by atoms with van der Waals surface area (Å²) in [5, 5.41) is 0.736. The number of carbonyl (C=O) groups excluding carboxylic acids is 1. The molecule has 1 unspecified atom stereocenters. The number of furan rings is 1. The average molecular weight is 308 g/mol. The summed E-state index contributed by atoms with van der Waals surface area (Å²) in [6.45, 7) is 2.63. The number of nitrogens with one attached hydrogen (secondary N) is 1. The van der Waals surface area contributed by atoms with Gasteiger partial charge in [-0.15, -0.1) is 0 Å². The Balaban J connectivity index is 2.07. The van der Waals surface area contributed by atoms with Gasteiger partial charge in [0, 0.05) is 11.1 Å². The molecule has 6 heteroatoms. The van der Waals surface area contributed by atoms with Gasteiger partial charge in [0.05, 0.1) is 6.54 Å². The SMILES string of the molecule is CC(c1ccccc1Cl)N(C)Cc1ccc(C(=O)NN)o1. The van der Waals surface area contributed by atoms with Gasteiger partial charge in [0.2, 0.25) is 0 Å². The van der Waals surface area contributed by atoms with E-state index in [9.17, 15) is 4.79 Å². The highest BCUT2D eigenvalue weighted by Gasteiger charge is 2.17. The molecule has 0 fully saturated rings. The van der Waals surface area contributed by atoms with Crippen LogP contribution in [0.5, 0.6) is 0 Å². The second kappa shape index (κ2) is 6.76. The van der Waals surface area contributed by atoms with Gasteiger partial charge >= 0.3 is 5.91 Å². The molecule has 1 aromatic heterocycles. The van der Waals surface area contributed by atoms with Gasteiger partial charge in [0.1, 0.15) is 5.76 Å². The predicted molar refractivity (Wildman–Crippen MR) is 81.7 cm³/mol. The summed E-state index contributed by atoms with van der Waals surface area (Å²) >= 11 is 6.21. The first-order valence-electron chi connectivity index (χ1n) is 6.57. The summed E-state index contributed by atoms with van der Waals surface area (Å²) in [4.78, 5) is 13.4. The van der Waals surface area contributed by atoms with E-state index in [0.717, 1.165) is 10.6 Å². The van der Waals surface area contributed by atoms with E-state index in [2.05, 4.69) is 11.8 Å². The molecule has 1 aromatic carbocycles. The number of nitrogen functional groups attached to an aromatic ring is 1. The van der Waals surface area contributed by atoms with Crippen molar-refractivity contribution in [1.29, 1.82) is 0 Å². The summed E-state index contributed by atoms with van der Waals surface area (Å²) in [7, 11) is 1.97. The molecule has 0 saturated heterocycles. The number of hydrogen-bond donors (Lipinski definition) is 2. The zero-order valence-electron chi connectivity index (χ0n) is 12.0. The predicted octanol–water partition coefficient (Wildman–Crippen LogP) is 2.73. The van der Waals surface area contributed by atoms with Crippen molar-refractivity contribution in [2.45, 2.75) is 19.5 Å². The Kier molecular flexibility index (Phi) is 5.01. The molecule has 112 valence electrons. The fourth-order valence-corrected chi connectivity index (χ4v) is 2.38. The lowest BCUT2D eigenvalue weighted by Crippen LogP contribution is -2.29. The Morgan fingerprint density at radius 3 is 2.76 bits per heavy atom. The maximum atomic E-state index is 11.4. The number of benzene rings is 1. The van der Waals surface area contributed by atoms with Gasteiger partial charge in [-0.1, -0.05) is 29.8 Å². The number of rotatable bonds is 5. The van der Waals surface area contributed by atoms with Crippen LogP contribution in [-0.2, 0) is 6.54 Å². The first-order chi connectivity index (χ1) is 10.0. The molecule has 1 amide bonds. The molecular formula is C15H18ClN3O2. The number of hydrogen-bond acceptors (Lipinski definition) is 4. The van der Waals surface area contributed by atoms with Crippen molar-refractivity contribution in [1.82, 2.24) is 10.3 Å². The summed E-state index contributed by atoms with van der Waals surface area (Å²) in [5.74, 6) is 5.52. The Morgan fingerprint density at radius 1 is 1.38 bits per heavy atom. The quantitative estimate of drug-likeness (QED) is 0.506. The highest BCUT2D eigenvalue weighted by atomic mass is 35.5. The monoisotopic (exact) mass is 307 g/mol. The van der Waals surface area contributed by atoms with Crippen LogP contribution >= 0.6 is 11.6 Å². The number of carbonyl (C=O) groups is 1. The van der Waals surface area contributed by atoms with E-state index >= 15 is 0 Å². The van der Waals surface area contributed by atoms with E-state index in [4.69, 9.17) is 21.9 Å². The lowest BCUT2D eigenvalue weighted by molar-refractivity contribution is 0.0921. The van der Waals surface area contributed by atoms with Gasteiger partial charge in [-0.05, 0) is 37.7 Å². The third kappa shape index (κ3) is 3.64. The largest absolute Gasteiger partial charge is 0.455 e. The first-order valence-corrected chi connectivity index (χ1v) is 6.95. The number of hydrazine groups is 1. The smallest absolute Gasteiger partial charge is 0.300 e. The fraction of sp³-hybridized carbons (Fsp3) is 0.267. The van der Waals surface area contributed by atoms with Crippen molar-refractivity contribution in [2.24, 2.45) is 5.84 Å². The molecule has 0 saturated carbocycles. The fourth-order valence-electron chi connectivity index (χ4n) is 2.09. The van der Waals surface area contributed by atoms with E-state index in [1.165, 1.54) is 0 Å². The third-order valence-electron chi connectivity index (χ3n) is 3.44. The summed E-state index contributed by atoms with van der Waals surface area (Å²) < 4.78 is 5.46. The maximum absolute atomic E-state index is 11.4. The number of amides is 1. The van der Waals surface area contributed by atoms with E-state index in [0.29, 0.717) is 12.3 Å². The normalized spacial score (nSPS) is 12.4. The molecule has 3 N–H and O–H groups in total. The van der Waals surface area contributed by atoms with Crippen LogP contribution in [-0.4, -0.2) is 17.9 Å². The van der Waals surface area contributed by atoms with E-state index in [1.807, 2.05) is 36.7 Å². The standard InChI is InChI=1S/C15H18ClN3O2/c1-10(12-5-3-4-6-13(12)16)19(2)9-11-7-8-14(21-11)15(20)18-17/h3-8,10H,9,17H2,1-2H3,(H,18,20). The van der Waals surface area contributed by atoms with E-state index in [1.54, 1.807) is 12.1 Å². The van der Waals surface area contributed by atoms with Crippen LogP contribution in [0.25, 0.3) is 0 Å². The maximum Gasteiger partial charge on any atom is 0.300 e. The Bertz CT molecular complexity index is 627. The van der Waals surface area contributed by atoms with Crippen LogP contribution < -0.4 is 11.3 Å². The molecule has 0 aliphatic carbocycles. The lowest BCUT2D eigenvalue weighted by Gasteiger charge is -2.24. The first kappa shape index (κ1) is 15.6. The molecule has 0 aliphatic heterocycles. The van der Waals surface area contributed by atoms with Gasteiger partial charge in [0.15, 0.2) is 5.76 Å². The highest BCUT2D eigenvalue weighted by Crippen LogP contribution is 2.27. The molecule has 0 aliphatic rings. The molecule has 2 aromatic rings. The van der Waals surface area contributed by atoms with Crippen LogP contribution in [0.1, 0.15) is 34.8 Å². The van der Waals surface area contributed by atoms with Crippen LogP contribution in [0, 0.1) is 0 Å². The van der Waals surface area contributed by atoms with Crippen molar-refractivity contribution in [3.05, 3.63) is 58.5 Å². The topological polar surface area (TPSA) is 71.5 Å². The van der Waals surface area contributed by atoms with Gasteiger partial charge in [-0.2, -0.15) is 0 Å². The van der Waals surface area contributed by atoms with Gasteiger partial charge < -0.3 is 4.42 Å². The van der Waals surface area contributed by atoms with Gasteiger partial charge in [-0.25, -0.2) is 5.84 Å². The van der Waals surface area contributed by atoms with Gasteiger partial charge in [-0.3, -0.25) is 15.1 Å². The third-order valence-corrected chi connectivity index (χ3v) is 3.78. The van der Waals surface area contributed by atoms with Crippen LogP contribution in [0.4, 0.5) is 0 Å². The summed E-state index contributed by atoms with van der Waals surface area (Å²) in [5.41, 5.74) is 3.09. The number of nitrogens with two attached hydrogens (primary N) is 1. The van der Waals surface area contributed by atoms with Crippen LogP contribution in [0.3, 0.4) is 0 Å². The van der Waals surface area contributed by atoms with Crippen molar-refractivity contribution in [3.8, 4) is 0 Å². The highest BCUT2D eigenvalue weighted by molar-refractivity contribution is 6.31. The minimum Gasteiger partial charge on any atom is -0.455 e. The van der Waals surface area contributed by atoms with Crippen molar-refractivity contribution in [3.63, 3.8) is 0 Å². The Morgan fingerprint density at radius 2 is 2.10 bits per heavy atom. The van der Waals surface area contributed by atoms with Crippen LogP contribution in [0.15, 0.2) is 40.8 Å². The average Bonchev–Trinajstić information content (AvgIpc) is 2.94. The lowest BCUT2D eigenvalue weighted by atomic mass is 10.1. The summed E-state index contributed by atoms with van der Waals surface area (Å²) in [6.07, 6.45) is 0. The van der Waals surface area contributed by atoms with Crippen molar-refractivity contribution < 1.29 is 9.21 Å². The minimum absolute atomic E-state index is 0.121. The molecule has 5 nitrogen and oxygen atoms in total. The zero-order chi connectivity index (χ0) is 15.4. The van der Waals surface area contributed by atoms with Gasteiger partial charge in [0.25, 0.3) is 0 Å². The van der Waals surface area contributed by atoms with Crippen LogP contribution in [0.2, 0.25) is 5.02 Å². The second-order valence-electron chi connectivity index (χ2n) is 4.85. The molecule has 1 heterocycles. The number of halogens is 1. The Labute approximate surface area is 128 Å². The molecule has 0 bridgehead atoms. The molecule has 21 heavy (non-hydrogen) atoms. The van der Waals surface area contributed by atoms with E-state index in [-0.39, 0.29) is 11.8 Å². The molecule has 0 radical (unpaired) electrons. The zero-order valence-corrected chi connectivity index (χ0v) is 12.7. The summed E-state index contributed by atoms with van der Waals surface area (Å²) in [6, 6.07) is 11.2. The Hall–Kier alpha value is -1.82. The van der Waals surface area contributed by atoms with Crippen molar-refractivity contribution in [2.75, 3.05) is 7.05 Å².